The summed E-state index contributed by atoms with van der Waals surface area (Å²) in [6, 6.07) is 0. The zero-order valence-corrected chi connectivity index (χ0v) is 15.1. The van der Waals surface area contributed by atoms with Crippen LogP contribution in [-0.2, 0) is 14.3 Å². The number of ether oxygens (including phenoxy) is 1. The van der Waals surface area contributed by atoms with Crippen LogP contribution < -0.4 is 0 Å². The molecular formula is C21H28O3. The average molecular weight is 328 g/mol. The van der Waals surface area contributed by atoms with Gasteiger partial charge in [0.1, 0.15) is 11.4 Å². The summed E-state index contributed by atoms with van der Waals surface area (Å²) in [7, 11) is 0. The summed E-state index contributed by atoms with van der Waals surface area (Å²) >= 11 is 0. The molecule has 4 saturated carbocycles. The molecule has 5 fully saturated rings. The molecule has 5 aliphatic rings. The van der Waals surface area contributed by atoms with Crippen LogP contribution in [0.15, 0.2) is 12.2 Å². The van der Waals surface area contributed by atoms with Gasteiger partial charge in [-0.05, 0) is 54.9 Å². The number of hydrogen-bond donors (Lipinski definition) is 0. The summed E-state index contributed by atoms with van der Waals surface area (Å²) in [6.07, 6.45) is 5.27. The maximum absolute atomic E-state index is 12.5. The molecule has 5 rings (SSSR count). The first-order chi connectivity index (χ1) is 11.3. The van der Waals surface area contributed by atoms with Gasteiger partial charge in [-0.1, -0.05) is 27.4 Å². The van der Waals surface area contributed by atoms with E-state index in [-0.39, 0.29) is 28.3 Å². The van der Waals surface area contributed by atoms with Crippen LogP contribution >= 0.6 is 0 Å². The Morgan fingerprint density at radius 2 is 1.88 bits per heavy atom. The minimum Gasteiger partial charge on any atom is -0.352 e. The lowest BCUT2D eigenvalue weighted by atomic mass is 9.42. The zero-order chi connectivity index (χ0) is 17.1. The highest BCUT2D eigenvalue weighted by molar-refractivity contribution is 5.90. The summed E-state index contributed by atoms with van der Waals surface area (Å²) in [5, 5.41) is 0. The molecule has 130 valence electrons. The molecule has 0 radical (unpaired) electrons. The van der Waals surface area contributed by atoms with Crippen molar-refractivity contribution in [2.75, 3.05) is 0 Å². The summed E-state index contributed by atoms with van der Waals surface area (Å²) < 4.78 is 6.16. The molecule has 1 heterocycles. The fraction of sp³-hybridized carbons (Fsp3) is 0.810. The number of rotatable bonds is 0. The first-order valence-electron chi connectivity index (χ1n) is 9.69. The fourth-order valence-corrected chi connectivity index (χ4v) is 7.66. The lowest BCUT2D eigenvalue weighted by molar-refractivity contribution is -0.141. The molecule has 3 heteroatoms. The van der Waals surface area contributed by atoms with Gasteiger partial charge < -0.3 is 4.74 Å². The molecular weight excluding hydrogens is 300 g/mol. The van der Waals surface area contributed by atoms with E-state index < -0.39 is 0 Å². The van der Waals surface area contributed by atoms with Crippen molar-refractivity contribution < 1.29 is 14.3 Å². The quantitative estimate of drug-likeness (QED) is 0.503. The first-order valence-corrected chi connectivity index (χ1v) is 9.69. The van der Waals surface area contributed by atoms with Gasteiger partial charge in [0, 0.05) is 23.7 Å². The number of carbonyl (C=O) groups is 2. The first kappa shape index (κ1) is 15.3. The zero-order valence-electron chi connectivity index (χ0n) is 15.1. The maximum Gasteiger partial charge on any atom is 0.165 e. The van der Waals surface area contributed by atoms with Crippen LogP contribution in [0.1, 0.15) is 59.3 Å². The molecule has 1 spiro atoms. The van der Waals surface area contributed by atoms with Crippen LogP contribution in [0.4, 0.5) is 0 Å². The summed E-state index contributed by atoms with van der Waals surface area (Å²) in [4.78, 5) is 24.9. The number of carbonyl (C=O) groups excluding carboxylic acids is 2. The normalized spacial score (nSPS) is 58.6. The Kier molecular flexibility index (Phi) is 2.70. The summed E-state index contributed by atoms with van der Waals surface area (Å²) in [6.45, 7) is 11.2. The van der Waals surface area contributed by atoms with Crippen molar-refractivity contribution in [2.45, 2.75) is 71.0 Å². The molecule has 0 N–H and O–H groups in total. The molecule has 24 heavy (non-hydrogen) atoms. The van der Waals surface area contributed by atoms with E-state index in [4.69, 9.17) is 4.74 Å². The third kappa shape index (κ3) is 1.39. The number of epoxide rings is 1. The van der Waals surface area contributed by atoms with Crippen LogP contribution in [0.25, 0.3) is 0 Å². The maximum atomic E-state index is 12.5. The Labute approximate surface area is 144 Å². The van der Waals surface area contributed by atoms with E-state index in [2.05, 4.69) is 27.4 Å². The second kappa shape index (κ2) is 4.23. The van der Waals surface area contributed by atoms with E-state index >= 15 is 0 Å². The number of fused-ring (bicyclic) bond motifs is 4. The SMILES string of the molecule is C=C1C[C@@H]2[C@@H](CC[C@]3(C)C(=O)CC[C@@H]23)[C@@]2(C)C(C)CC(=O)C3OC132. The van der Waals surface area contributed by atoms with Gasteiger partial charge in [0.25, 0.3) is 0 Å². The largest absolute Gasteiger partial charge is 0.352 e. The second-order valence-electron chi connectivity index (χ2n) is 9.69. The molecule has 3 unspecified atom stereocenters. The van der Waals surface area contributed by atoms with Gasteiger partial charge in [-0.2, -0.15) is 0 Å². The van der Waals surface area contributed by atoms with Gasteiger partial charge in [0.15, 0.2) is 11.9 Å². The Hall–Kier alpha value is -0.960. The van der Waals surface area contributed by atoms with Crippen molar-refractivity contribution in [3.05, 3.63) is 12.2 Å². The molecule has 0 aromatic heterocycles. The van der Waals surface area contributed by atoms with Crippen molar-refractivity contribution in [3.63, 3.8) is 0 Å². The topological polar surface area (TPSA) is 46.7 Å². The van der Waals surface area contributed by atoms with Gasteiger partial charge in [-0.15, -0.1) is 0 Å². The van der Waals surface area contributed by atoms with E-state index in [1.807, 2.05) is 0 Å². The third-order valence-electron chi connectivity index (χ3n) is 9.16. The van der Waals surface area contributed by atoms with Crippen LogP contribution in [0.2, 0.25) is 0 Å². The number of Topliss-reactive ketones (excluding diaryl/α,β-unsaturated/α-hetero) is 2. The van der Waals surface area contributed by atoms with Crippen LogP contribution in [0, 0.1) is 34.5 Å². The van der Waals surface area contributed by atoms with Crippen molar-refractivity contribution in [1.82, 2.24) is 0 Å². The minimum absolute atomic E-state index is 0.00144. The van der Waals surface area contributed by atoms with Gasteiger partial charge in [0.05, 0.1) is 0 Å². The van der Waals surface area contributed by atoms with Crippen molar-refractivity contribution in [2.24, 2.45) is 34.5 Å². The average Bonchev–Trinajstić information content (AvgIpc) is 3.22. The molecule has 4 aliphatic carbocycles. The highest BCUT2D eigenvalue weighted by atomic mass is 16.6. The molecule has 0 aromatic carbocycles. The molecule has 0 aromatic rings. The monoisotopic (exact) mass is 328 g/mol. The van der Waals surface area contributed by atoms with Crippen LogP contribution in [-0.4, -0.2) is 23.3 Å². The summed E-state index contributed by atoms with van der Waals surface area (Å²) in [5.41, 5.74) is 0.636. The minimum atomic E-state index is -0.390. The highest BCUT2D eigenvalue weighted by Crippen LogP contribution is 2.74. The van der Waals surface area contributed by atoms with E-state index in [0.29, 0.717) is 35.9 Å². The Morgan fingerprint density at radius 1 is 1.12 bits per heavy atom. The molecule has 0 amide bonds. The lowest BCUT2D eigenvalue weighted by Crippen LogP contribution is -2.61. The third-order valence-corrected chi connectivity index (χ3v) is 9.16. The predicted molar refractivity (Wildman–Crippen MR) is 90.3 cm³/mol. The van der Waals surface area contributed by atoms with Gasteiger partial charge in [-0.3, -0.25) is 9.59 Å². The van der Waals surface area contributed by atoms with E-state index in [1.165, 1.54) is 0 Å². The second-order valence-corrected chi connectivity index (χ2v) is 9.69. The molecule has 3 nitrogen and oxygen atoms in total. The fourth-order valence-electron chi connectivity index (χ4n) is 7.66. The number of hydrogen-bond acceptors (Lipinski definition) is 3. The highest BCUT2D eigenvalue weighted by Gasteiger charge is 2.79. The van der Waals surface area contributed by atoms with Crippen LogP contribution in [0.3, 0.4) is 0 Å². The summed E-state index contributed by atoms with van der Waals surface area (Å²) in [5.74, 6) is 2.68. The van der Waals surface area contributed by atoms with Crippen molar-refractivity contribution in [3.8, 4) is 0 Å². The molecule has 1 aliphatic heterocycles. The Morgan fingerprint density at radius 3 is 2.62 bits per heavy atom. The Bertz CT molecular complexity index is 681. The van der Waals surface area contributed by atoms with Gasteiger partial charge in [-0.25, -0.2) is 0 Å². The standard InChI is InChI=1S/C21H28O3/c1-11-10-16(22)18-21(24-18)12(2)9-13-14-5-6-17(23)19(14,3)8-7-15(13)20(11,21)4/h11,13-15,18H,2,5-10H2,1,3-4H3/t11?,13-,14-,15+,18?,19-,20+,21?/m0/s1. The van der Waals surface area contributed by atoms with Gasteiger partial charge >= 0.3 is 0 Å². The Balaban J connectivity index is 1.60. The van der Waals surface area contributed by atoms with E-state index in [1.54, 1.807) is 0 Å². The van der Waals surface area contributed by atoms with E-state index in [9.17, 15) is 9.59 Å². The molecule has 0 bridgehead atoms. The molecule has 1 saturated heterocycles. The van der Waals surface area contributed by atoms with E-state index in [0.717, 1.165) is 37.7 Å². The van der Waals surface area contributed by atoms with Gasteiger partial charge in [0.2, 0.25) is 0 Å². The van der Waals surface area contributed by atoms with Crippen molar-refractivity contribution in [1.29, 1.82) is 0 Å². The molecule has 8 atom stereocenters. The lowest BCUT2D eigenvalue weighted by Gasteiger charge is -2.60. The predicted octanol–water partition coefficient (Wildman–Crippen LogP) is 3.71. The van der Waals surface area contributed by atoms with Crippen LogP contribution in [0.5, 0.6) is 0 Å². The van der Waals surface area contributed by atoms with Crippen molar-refractivity contribution >= 4 is 11.6 Å². The smallest absolute Gasteiger partial charge is 0.165 e. The number of ketones is 2.